The number of nitrogens with one attached hydrogen (secondary N) is 1. The molecule has 1 atom stereocenters. The molecule has 0 bridgehead atoms. The number of hydrogen-bond donors (Lipinski definition) is 4. The van der Waals surface area contributed by atoms with Crippen molar-refractivity contribution in [3.8, 4) is 0 Å². The van der Waals surface area contributed by atoms with Crippen molar-refractivity contribution in [3.63, 3.8) is 0 Å². The Morgan fingerprint density at radius 2 is 2.06 bits per heavy atom. The second-order valence-corrected chi connectivity index (χ2v) is 4.25. The first-order valence-electron chi connectivity index (χ1n) is 4.65. The summed E-state index contributed by atoms with van der Waals surface area (Å²) in [6.45, 7) is -0.361. The van der Waals surface area contributed by atoms with Crippen LogP contribution < -0.4 is 11.1 Å². The topological polar surface area (TPSA) is 113 Å². The van der Waals surface area contributed by atoms with Gasteiger partial charge in [0.15, 0.2) is 6.10 Å². The molecule has 0 radical (unpaired) electrons. The quantitative estimate of drug-likeness (QED) is 0.594. The fraction of sp³-hybridized carbons (Fsp3) is 0.200. The SMILES string of the molecule is Nc1cc(Br)cc(C(=O)NC[C@H](O)C(=O)O)c1. The van der Waals surface area contributed by atoms with E-state index in [4.69, 9.17) is 15.9 Å². The minimum absolute atomic E-state index is 0.287. The highest BCUT2D eigenvalue weighted by atomic mass is 79.9. The number of nitrogens with two attached hydrogens (primary N) is 1. The van der Waals surface area contributed by atoms with Gasteiger partial charge in [0.05, 0.1) is 6.54 Å². The predicted octanol–water partition coefficient (Wildman–Crippen LogP) is 0.207. The molecule has 7 heteroatoms. The highest BCUT2D eigenvalue weighted by Crippen LogP contribution is 2.17. The fourth-order valence-electron chi connectivity index (χ4n) is 1.12. The standard InChI is InChI=1S/C10H11BrN2O4/c11-6-1-5(2-7(12)3-6)9(15)13-4-8(14)10(16)17/h1-3,8,14H,4,12H2,(H,13,15)(H,16,17)/t8-/m0/s1. The molecule has 92 valence electrons. The Labute approximate surface area is 106 Å². The minimum Gasteiger partial charge on any atom is -0.479 e. The molecule has 0 aliphatic carbocycles. The van der Waals surface area contributed by atoms with Gasteiger partial charge in [0.2, 0.25) is 0 Å². The van der Waals surface area contributed by atoms with Crippen molar-refractivity contribution in [2.24, 2.45) is 0 Å². The van der Waals surface area contributed by atoms with Crippen molar-refractivity contribution in [2.75, 3.05) is 12.3 Å². The average Bonchev–Trinajstić information content (AvgIpc) is 2.23. The van der Waals surface area contributed by atoms with Crippen LogP contribution in [0.4, 0.5) is 5.69 Å². The first-order valence-corrected chi connectivity index (χ1v) is 5.44. The van der Waals surface area contributed by atoms with E-state index in [1.165, 1.54) is 6.07 Å². The van der Waals surface area contributed by atoms with Crippen LogP contribution in [0, 0.1) is 0 Å². The molecule has 17 heavy (non-hydrogen) atoms. The average molecular weight is 303 g/mol. The second kappa shape index (κ2) is 5.65. The number of halogens is 1. The molecule has 0 heterocycles. The lowest BCUT2D eigenvalue weighted by molar-refractivity contribution is -0.146. The van der Waals surface area contributed by atoms with Crippen LogP contribution in [-0.4, -0.2) is 34.7 Å². The van der Waals surface area contributed by atoms with E-state index >= 15 is 0 Å². The van der Waals surface area contributed by atoms with Gasteiger partial charge in [-0.2, -0.15) is 0 Å². The smallest absolute Gasteiger partial charge is 0.334 e. The summed E-state index contributed by atoms with van der Waals surface area (Å²) < 4.78 is 0.640. The summed E-state index contributed by atoms with van der Waals surface area (Å²) in [6.07, 6.45) is -1.62. The molecule has 1 rings (SSSR count). The molecule has 0 aliphatic rings. The van der Waals surface area contributed by atoms with E-state index in [2.05, 4.69) is 21.2 Å². The summed E-state index contributed by atoms with van der Waals surface area (Å²) in [4.78, 5) is 21.9. The van der Waals surface area contributed by atoms with E-state index in [1.807, 2.05) is 0 Å². The van der Waals surface area contributed by atoms with Gasteiger partial charge in [0.25, 0.3) is 5.91 Å². The maximum Gasteiger partial charge on any atom is 0.334 e. The molecule has 0 unspecified atom stereocenters. The molecule has 1 aromatic rings. The van der Waals surface area contributed by atoms with Crippen LogP contribution in [0.1, 0.15) is 10.4 Å². The van der Waals surface area contributed by atoms with Crippen molar-refractivity contribution in [1.29, 1.82) is 0 Å². The van der Waals surface area contributed by atoms with Crippen molar-refractivity contribution < 1.29 is 19.8 Å². The maximum absolute atomic E-state index is 11.6. The lowest BCUT2D eigenvalue weighted by Crippen LogP contribution is -2.36. The van der Waals surface area contributed by atoms with E-state index in [1.54, 1.807) is 12.1 Å². The first kappa shape index (κ1) is 13.5. The van der Waals surface area contributed by atoms with E-state index < -0.39 is 18.0 Å². The van der Waals surface area contributed by atoms with Crippen LogP contribution in [-0.2, 0) is 4.79 Å². The number of rotatable bonds is 4. The molecule has 0 saturated carbocycles. The van der Waals surface area contributed by atoms with Crippen LogP contribution in [0.3, 0.4) is 0 Å². The van der Waals surface area contributed by atoms with Gasteiger partial charge < -0.3 is 21.3 Å². The Kier molecular flexibility index (Phi) is 4.47. The van der Waals surface area contributed by atoms with E-state index in [0.29, 0.717) is 10.2 Å². The molecular weight excluding hydrogens is 292 g/mol. The number of carboxylic acids is 1. The Hall–Kier alpha value is -1.60. The molecule has 0 fully saturated rings. The van der Waals surface area contributed by atoms with Crippen LogP contribution in [0.2, 0.25) is 0 Å². The third-order valence-corrected chi connectivity index (χ3v) is 2.38. The summed E-state index contributed by atoms with van der Waals surface area (Å²) in [5.41, 5.74) is 6.24. The molecule has 1 aromatic carbocycles. The Bertz CT molecular complexity index is 430. The first-order chi connectivity index (χ1) is 7.90. The van der Waals surface area contributed by atoms with Gasteiger partial charge in [-0.3, -0.25) is 4.79 Å². The lowest BCUT2D eigenvalue weighted by Gasteiger charge is -2.08. The molecule has 1 amide bonds. The van der Waals surface area contributed by atoms with Crippen LogP contribution in [0.25, 0.3) is 0 Å². The number of amides is 1. The van der Waals surface area contributed by atoms with Gasteiger partial charge in [-0.25, -0.2) is 4.79 Å². The molecule has 0 spiro atoms. The zero-order chi connectivity index (χ0) is 13.0. The fourth-order valence-corrected chi connectivity index (χ4v) is 1.63. The summed E-state index contributed by atoms with van der Waals surface area (Å²) in [5.74, 6) is -1.89. The number of aliphatic hydroxyl groups excluding tert-OH is 1. The number of carbonyl (C=O) groups excluding carboxylic acids is 1. The number of benzene rings is 1. The number of nitrogen functional groups attached to an aromatic ring is 1. The van der Waals surface area contributed by atoms with Crippen LogP contribution in [0.5, 0.6) is 0 Å². The summed E-state index contributed by atoms with van der Waals surface area (Å²) in [5, 5.41) is 19.7. The predicted molar refractivity (Wildman–Crippen MR) is 64.5 cm³/mol. The zero-order valence-corrected chi connectivity index (χ0v) is 10.3. The monoisotopic (exact) mass is 302 g/mol. The summed E-state index contributed by atoms with van der Waals surface area (Å²) >= 11 is 3.18. The van der Waals surface area contributed by atoms with Gasteiger partial charge in [-0.1, -0.05) is 15.9 Å². The van der Waals surface area contributed by atoms with E-state index in [-0.39, 0.29) is 12.1 Å². The second-order valence-electron chi connectivity index (χ2n) is 3.34. The van der Waals surface area contributed by atoms with Crippen LogP contribution in [0.15, 0.2) is 22.7 Å². The normalized spacial score (nSPS) is 11.9. The Balaban J connectivity index is 2.67. The molecule has 0 aromatic heterocycles. The minimum atomic E-state index is -1.62. The summed E-state index contributed by atoms with van der Waals surface area (Å²) in [6, 6.07) is 4.62. The number of aliphatic carboxylic acids is 1. The van der Waals surface area contributed by atoms with Crippen molar-refractivity contribution in [1.82, 2.24) is 5.32 Å². The highest BCUT2D eigenvalue weighted by molar-refractivity contribution is 9.10. The third kappa shape index (κ3) is 4.04. The number of anilines is 1. The van der Waals surface area contributed by atoms with Gasteiger partial charge in [-0.15, -0.1) is 0 Å². The van der Waals surface area contributed by atoms with Gasteiger partial charge in [0, 0.05) is 15.7 Å². The lowest BCUT2D eigenvalue weighted by atomic mass is 10.2. The van der Waals surface area contributed by atoms with Gasteiger partial charge in [-0.05, 0) is 18.2 Å². The van der Waals surface area contributed by atoms with Gasteiger partial charge >= 0.3 is 5.97 Å². The number of carboxylic acid groups (broad SMARTS) is 1. The molecule has 6 nitrogen and oxygen atoms in total. The largest absolute Gasteiger partial charge is 0.479 e. The Morgan fingerprint density at radius 3 is 2.59 bits per heavy atom. The van der Waals surface area contributed by atoms with Crippen molar-refractivity contribution in [3.05, 3.63) is 28.2 Å². The maximum atomic E-state index is 11.6. The van der Waals surface area contributed by atoms with Crippen molar-refractivity contribution in [2.45, 2.75) is 6.10 Å². The number of aliphatic hydroxyl groups is 1. The third-order valence-electron chi connectivity index (χ3n) is 1.92. The molecule has 5 N–H and O–H groups in total. The molecular formula is C10H11BrN2O4. The molecule has 0 saturated heterocycles. The van der Waals surface area contributed by atoms with E-state index in [0.717, 1.165) is 0 Å². The number of hydrogen-bond acceptors (Lipinski definition) is 4. The highest BCUT2D eigenvalue weighted by Gasteiger charge is 2.15. The van der Waals surface area contributed by atoms with Crippen molar-refractivity contribution >= 4 is 33.5 Å². The zero-order valence-electron chi connectivity index (χ0n) is 8.68. The Morgan fingerprint density at radius 1 is 1.41 bits per heavy atom. The van der Waals surface area contributed by atoms with Gasteiger partial charge in [0.1, 0.15) is 0 Å². The van der Waals surface area contributed by atoms with E-state index in [9.17, 15) is 9.59 Å². The number of carbonyl (C=O) groups is 2. The summed E-state index contributed by atoms with van der Waals surface area (Å²) in [7, 11) is 0. The van der Waals surface area contributed by atoms with Crippen LogP contribution >= 0.6 is 15.9 Å². The molecule has 0 aliphatic heterocycles.